The summed E-state index contributed by atoms with van der Waals surface area (Å²) in [6.07, 6.45) is 5.87. The van der Waals surface area contributed by atoms with Crippen LogP contribution in [0.5, 0.6) is 0 Å². The van der Waals surface area contributed by atoms with Crippen LogP contribution in [-0.2, 0) is 0 Å². The molecule has 1 saturated heterocycles. The van der Waals surface area contributed by atoms with Gasteiger partial charge in [-0.25, -0.2) is 0 Å². The van der Waals surface area contributed by atoms with Gasteiger partial charge >= 0.3 is 13.7 Å². The molecule has 0 radical (unpaired) electrons. The largest absolute Gasteiger partial charge is 0.709 e. The zero-order chi connectivity index (χ0) is 7.56. The smallest absolute Gasteiger partial charge is 0.422 e. The second-order valence-electron chi connectivity index (χ2n) is 2.19. The first-order valence-electron chi connectivity index (χ1n) is 3.20. The normalized spacial score (nSPS) is 18.0. The standard InChI is InChI=1S/C3H4N2.C3H6.Al.ClH/c1-2-5-3-4-1;1-3-2;;/h1-2H,3H2;3H,1H2,2H3;;1H/q-2;;+3;/p-1. The molecule has 4 heteroatoms. The predicted octanol–water partition coefficient (Wildman–Crippen LogP) is 1.46. The minimum Gasteiger partial charge on any atom is -0.422 e. The van der Waals surface area contributed by atoms with Crippen molar-refractivity contribution in [3.8, 4) is 0 Å². The van der Waals surface area contributed by atoms with Crippen LogP contribution < -0.4 is 0 Å². The van der Waals surface area contributed by atoms with Crippen LogP contribution >= 0.6 is 10.0 Å². The predicted molar refractivity (Wildman–Crippen MR) is 45.2 cm³/mol. The van der Waals surface area contributed by atoms with Crippen molar-refractivity contribution < 1.29 is 0 Å². The van der Waals surface area contributed by atoms with Gasteiger partial charge in [-0.05, 0) is 19.3 Å². The van der Waals surface area contributed by atoms with Gasteiger partial charge in [-0.3, -0.25) is 0 Å². The number of allylic oxidation sites excluding steroid dienone is 1. The Morgan fingerprint density at radius 2 is 2.00 bits per heavy atom. The fourth-order valence-corrected chi connectivity index (χ4v) is 2.76. The number of rotatable bonds is 0. The van der Waals surface area contributed by atoms with Gasteiger partial charge < -0.3 is 7.77 Å². The summed E-state index contributed by atoms with van der Waals surface area (Å²) in [6, 6.07) is 0. The zero-order valence-corrected chi connectivity index (χ0v) is 7.91. The van der Waals surface area contributed by atoms with E-state index >= 15 is 0 Å². The molecule has 0 atom stereocenters. The maximum Gasteiger partial charge on any atom is 0.709 e. The van der Waals surface area contributed by atoms with Crippen molar-refractivity contribution in [3.05, 3.63) is 25.1 Å². The van der Waals surface area contributed by atoms with Crippen molar-refractivity contribution in [2.24, 2.45) is 0 Å². The van der Waals surface area contributed by atoms with Gasteiger partial charge in [0.1, 0.15) is 0 Å². The molecular weight excluding hydrogens is 163 g/mol. The van der Waals surface area contributed by atoms with Crippen LogP contribution in [0.25, 0.3) is 0 Å². The third-order valence-corrected chi connectivity index (χ3v) is 4.59. The number of hydrogen-bond acceptors (Lipinski definition) is 2. The number of halogens is 1. The molecular formula is C6H10AlClN2. The summed E-state index contributed by atoms with van der Waals surface area (Å²) in [4.78, 5) is 0. The second kappa shape index (κ2) is 3.34. The van der Waals surface area contributed by atoms with Gasteiger partial charge in [0.15, 0.2) is 0 Å². The molecule has 2 bridgehead atoms. The molecule has 0 saturated carbocycles. The third-order valence-electron chi connectivity index (χ3n) is 1.32. The van der Waals surface area contributed by atoms with Gasteiger partial charge in [-0.1, -0.05) is 6.08 Å². The highest BCUT2D eigenvalue weighted by atomic mass is 35.6. The molecule has 3 heterocycles. The van der Waals surface area contributed by atoms with Crippen molar-refractivity contribution in [3.63, 3.8) is 0 Å². The van der Waals surface area contributed by atoms with Gasteiger partial charge in [0, 0.05) is 6.67 Å². The van der Waals surface area contributed by atoms with Gasteiger partial charge in [-0.15, -0.1) is 6.58 Å². The summed E-state index contributed by atoms with van der Waals surface area (Å²) in [5, 5.41) is 0. The van der Waals surface area contributed by atoms with E-state index in [1.54, 1.807) is 6.08 Å². The van der Waals surface area contributed by atoms with Crippen molar-refractivity contribution in [1.82, 2.24) is 7.77 Å². The zero-order valence-electron chi connectivity index (χ0n) is 6.00. The molecule has 54 valence electrons. The van der Waals surface area contributed by atoms with E-state index in [0.717, 1.165) is 6.67 Å². The van der Waals surface area contributed by atoms with Crippen LogP contribution in [0.2, 0.25) is 0 Å². The van der Waals surface area contributed by atoms with Gasteiger partial charge in [0.25, 0.3) is 0 Å². The molecule has 0 aromatic heterocycles. The average molecular weight is 173 g/mol. The highest BCUT2D eigenvalue weighted by Crippen LogP contribution is 2.24. The van der Waals surface area contributed by atoms with Crippen LogP contribution in [0.3, 0.4) is 0 Å². The quantitative estimate of drug-likeness (QED) is 0.403. The molecule has 2 nitrogen and oxygen atoms in total. The van der Waals surface area contributed by atoms with Crippen LogP contribution in [0.1, 0.15) is 6.92 Å². The van der Waals surface area contributed by atoms with E-state index < -0.39 is 13.7 Å². The van der Waals surface area contributed by atoms with Gasteiger partial charge in [0.2, 0.25) is 0 Å². The van der Waals surface area contributed by atoms with E-state index in [0.29, 0.717) is 0 Å². The van der Waals surface area contributed by atoms with Crippen molar-refractivity contribution in [2.45, 2.75) is 6.92 Å². The molecule has 0 spiro atoms. The maximum absolute atomic E-state index is 5.84. The summed E-state index contributed by atoms with van der Waals surface area (Å²) >= 11 is -1.02. The monoisotopic (exact) mass is 172 g/mol. The average Bonchev–Trinajstić information content (AvgIpc) is 2.46. The topological polar surface area (TPSA) is 6.48 Å². The number of nitrogens with zero attached hydrogens (tertiary/aromatic N) is 2. The van der Waals surface area contributed by atoms with Gasteiger partial charge in [0.05, 0.1) is 0 Å². The van der Waals surface area contributed by atoms with E-state index in [2.05, 4.69) is 26.7 Å². The number of hydrogen-bond donors (Lipinski definition) is 0. The SMILES string of the molecule is C=CC.[Cl][Al]1[N]2C=C[N]1C2. The van der Waals surface area contributed by atoms with Crippen LogP contribution in [-0.4, -0.2) is 28.1 Å². The van der Waals surface area contributed by atoms with Crippen LogP contribution in [0, 0.1) is 0 Å². The molecule has 0 aromatic carbocycles. The lowest BCUT2D eigenvalue weighted by Gasteiger charge is -2.35. The minimum atomic E-state index is -1.02. The Kier molecular flexibility index (Phi) is 2.67. The first-order chi connectivity index (χ1) is 4.79. The van der Waals surface area contributed by atoms with Crippen molar-refractivity contribution in [1.29, 1.82) is 0 Å². The van der Waals surface area contributed by atoms with E-state index in [1.807, 2.05) is 6.92 Å². The Balaban J connectivity index is 0.000000148. The summed E-state index contributed by atoms with van der Waals surface area (Å²) in [7, 11) is 5.84. The summed E-state index contributed by atoms with van der Waals surface area (Å²) in [6.45, 7) is 6.31. The highest BCUT2D eigenvalue weighted by molar-refractivity contribution is 7.05. The molecule has 0 aliphatic carbocycles. The first kappa shape index (κ1) is 8.00. The van der Waals surface area contributed by atoms with E-state index in [9.17, 15) is 0 Å². The molecule has 0 aromatic rings. The lowest BCUT2D eigenvalue weighted by atomic mass is 10.8. The molecule has 0 unspecified atom stereocenters. The van der Waals surface area contributed by atoms with E-state index in [1.165, 1.54) is 0 Å². The fourth-order valence-electron chi connectivity index (χ4n) is 0.825. The van der Waals surface area contributed by atoms with Crippen LogP contribution in [0.4, 0.5) is 0 Å². The molecule has 0 amide bonds. The third kappa shape index (κ3) is 1.32. The Morgan fingerprint density at radius 3 is 2.10 bits per heavy atom. The molecule has 3 aliphatic heterocycles. The van der Waals surface area contributed by atoms with E-state index in [4.69, 9.17) is 10.0 Å². The second-order valence-corrected chi connectivity index (χ2v) is 5.31. The lowest BCUT2D eigenvalue weighted by molar-refractivity contribution is 0.361. The van der Waals surface area contributed by atoms with Crippen LogP contribution in [0.15, 0.2) is 25.1 Å². The summed E-state index contributed by atoms with van der Waals surface area (Å²) in [5.41, 5.74) is 0. The fraction of sp³-hybridized carbons (Fsp3) is 0.333. The Bertz CT molecular complexity index is 148. The maximum atomic E-state index is 5.84. The van der Waals surface area contributed by atoms with Gasteiger partial charge in [-0.2, -0.15) is 10.0 Å². The summed E-state index contributed by atoms with van der Waals surface area (Å²) in [5.74, 6) is 0. The Labute approximate surface area is 70.4 Å². The lowest BCUT2D eigenvalue weighted by Crippen LogP contribution is -2.54. The summed E-state index contributed by atoms with van der Waals surface area (Å²) < 4.78 is 4.39. The molecule has 3 aliphatic rings. The Morgan fingerprint density at radius 1 is 1.60 bits per heavy atom. The first-order valence-corrected chi connectivity index (χ1v) is 5.98. The molecule has 0 N–H and O–H groups in total. The molecule has 10 heavy (non-hydrogen) atoms. The minimum absolute atomic E-state index is 1.02. The Hall–Kier alpha value is -0.0975. The van der Waals surface area contributed by atoms with Crippen molar-refractivity contribution in [2.75, 3.05) is 6.67 Å². The molecule has 3 rings (SSSR count). The van der Waals surface area contributed by atoms with E-state index in [-0.39, 0.29) is 0 Å². The van der Waals surface area contributed by atoms with Crippen molar-refractivity contribution >= 4 is 23.7 Å². The molecule has 1 fully saturated rings. The highest BCUT2D eigenvalue weighted by Gasteiger charge is 2.45.